The number of ether oxygens (including phenoxy) is 1. The fourth-order valence-electron chi connectivity index (χ4n) is 2.20. The number of nitrogens with zero attached hydrogens (tertiary/aromatic N) is 2. The first kappa shape index (κ1) is 13.9. The molecule has 1 aliphatic heterocycles. The van der Waals surface area contributed by atoms with Crippen molar-refractivity contribution < 1.29 is 4.74 Å². The molecule has 0 N–H and O–H groups in total. The van der Waals surface area contributed by atoms with Crippen LogP contribution in [0.25, 0.3) is 0 Å². The number of hydrogen-bond donors (Lipinski definition) is 0. The highest BCUT2D eigenvalue weighted by atomic mass is 79.9. The first-order valence-electron chi connectivity index (χ1n) is 5.91. The van der Waals surface area contributed by atoms with Crippen LogP contribution in [0.3, 0.4) is 0 Å². The second-order valence-electron chi connectivity index (χ2n) is 4.43. The van der Waals surface area contributed by atoms with Crippen LogP contribution in [0, 0.1) is 0 Å². The third-order valence-electron chi connectivity index (χ3n) is 3.11. The predicted molar refractivity (Wildman–Crippen MR) is 81.0 cm³/mol. The molecule has 2 heterocycles. The van der Waals surface area contributed by atoms with Crippen LogP contribution in [0.4, 0.5) is 0 Å². The molecule has 0 spiro atoms. The summed E-state index contributed by atoms with van der Waals surface area (Å²) in [5.74, 6) is 0.812. The van der Waals surface area contributed by atoms with E-state index in [1.54, 1.807) is 6.07 Å². The lowest BCUT2D eigenvalue weighted by molar-refractivity contribution is 0.352. The van der Waals surface area contributed by atoms with Crippen LogP contribution < -0.4 is 10.3 Å². The van der Waals surface area contributed by atoms with Crippen molar-refractivity contribution in [1.82, 2.24) is 9.55 Å². The minimum Gasteiger partial charge on any atom is -0.493 e. The molecular weight excluding hydrogens is 367 g/mol. The number of aromatic nitrogens is 2. The molecule has 1 aromatic heterocycles. The van der Waals surface area contributed by atoms with E-state index in [1.165, 1.54) is 10.9 Å². The van der Waals surface area contributed by atoms with Crippen LogP contribution in [0.1, 0.15) is 11.1 Å². The standard InChI is InChI=1S/C13H9BrCl2N2O2/c14-10-12(16)17-6-18(13(10)19)5-8-4-9(15)3-7-1-2-20-11(7)8/h3-4,6H,1-2,5H2. The Morgan fingerprint density at radius 2 is 2.20 bits per heavy atom. The summed E-state index contributed by atoms with van der Waals surface area (Å²) in [5, 5.41) is 0.789. The second-order valence-corrected chi connectivity index (χ2v) is 6.02. The summed E-state index contributed by atoms with van der Waals surface area (Å²) in [6, 6.07) is 3.70. The molecule has 3 rings (SSSR count). The molecule has 1 aliphatic rings. The summed E-state index contributed by atoms with van der Waals surface area (Å²) in [7, 11) is 0. The number of hydrogen-bond acceptors (Lipinski definition) is 3. The fourth-order valence-corrected chi connectivity index (χ4v) is 2.92. The van der Waals surface area contributed by atoms with Gasteiger partial charge in [-0.05, 0) is 33.6 Å². The summed E-state index contributed by atoms with van der Waals surface area (Å²) in [4.78, 5) is 16.1. The van der Waals surface area contributed by atoms with Gasteiger partial charge in [0.05, 0.1) is 19.5 Å². The lowest BCUT2D eigenvalue weighted by Crippen LogP contribution is -2.22. The maximum Gasteiger partial charge on any atom is 0.269 e. The lowest BCUT2D eigenvalue weighted by atomic mass is 10.1. The molecule has 1 aromatic carbocycles. The van der Waals surface area contributed by atoms with Gasteiger partial charge in [-0.15, -0.1) is 0 Å². The first-order valence-corrected chi connectivity index (χ1v) is 7.45. The Balaban J connectivity index is 2.05. The van der Waals surface area contributed by atoms with Gasteiger partial charge in [-0.25, -0.2) is 4.98 Å². The van der Waals surface area contributed by atoms with E-state index >= 15 is 0 Å². The van der Waals surface area contributed by atoms with Crippen LogP contribution in [-0.2, 0) is 13.0 Å². The molecule has 0 unspecified atom stereocenters. The van der Waals surface area contributed by atoms with Crippen molar-refractivity contribution in [3.8, 4) is 5.75 Å². The van der Waals surface area contributed by atoms with Gasteiger partial charge in [-0.3, -0.25) is 9.36 Å². The molecule has 0 atom stereocenters. The highest BCUT2D eigenvalue weighted by molar-refractivity contribution is 9.10. The molecule has 4 nitrogen and oxygen atoms in total. The lowest BCUT2D eigenvalue weighted by Gasteiger charge is -2.11. The van der Waals surface area contributed by atoms with Gasteiger partial charge < -0.3 is 4.74 Å². The van der Waals surface area contributed by atoms with Gasteiger partial charge in [0.2, 0.25) is 0 Å². The van der Waals surface area contributed by atoms with E-state index in [1.807, 2.05) is 6.07 Å². The largest absolute Gasteiger partial charge is 0.493 e. The molecule has 0 fully saturated rings. The minimum absolute atomic E-state index is 0.152. The van der Waals surface area contributed by atoms with E-state index in [2.05, 4.69) is 20.9 Å². The molecule has 0 bridgehead atoms. The fraction of sp³-hybridized carbons (Fsp3) is 0.231. The third kappa shape index (κ3) is 2.45. The zero-order valence-electron chi connectivity index (χ0n) is 10.2. The number of rotatable bonds is 2. The molecule has 0 radical (unpaired) electrons. The van der Waals surface area contributed by atoms with E-state index in [9.17, 15) is 4.79 Å². The molecule has 20 heavy (non-hydrogen) atoms. The summed E-state index contributed by atoms with van der Waals surface area (Å²) < 4.78 is 7.33. The third-order valence-corrected chi connectivity index (χ3v) is 4.55. The molecule has 0 saturated carbocycles. The minimum atomic E-state index is -0.239. The molecule has 104 valence electrons. The molecule has 0 aliphatic carbocycles. The first-order chi connectivity index (χ1) is 9.56. The van der Waals surface area contributed by atoms with E-state index in [4.69, 9.17) is 27.9 Å². The summed E-state index contributed by atoms with van der Waals surface area (Å²) >= 11 is 15.0. The van der Waals surface area contributed by atoms with Crippen LogP contribution in [0.2, 0.25) is 10.2 Å². The zero-order valence-corrected chi connectivity index (χ0v) is 13.3. The van der Waals surface area contributed by atoms with Crippen molar-refractivity contribution in [3.63, 3.8) is 0 Å². The molecule has 2 aromatic rings. The van der Waals surface area contributed by atoms with Crippen molar-refractivity contribution >= 4 is 39.1 Å². The summed E-state index contributed by atoms with van der Waals surface area (Å²) in [6.07, 6.45) is 2.25. The van der Waals surface area contributed by atoms with Gasteiger partial charge in [-0.2, -0.15) is 0 Å². The van der Waals surface area contributed by atoms with Gasteiger partial charge in [0.1, 0.15) is 10.2 Å². The molecule has 0 saturated heterocycles. The van der Waals surface area contributed by atoms with Crippen LogP contribution in [0.15, 0.2) is 27.7 Å². The Bertz CT molecular complexity index is 746. The SMILES string of the molecule is O=c1c(Br)c(Cl)ncn1Cc1cc(Cl)cc2c1OCC2. The molecule has 0 amide bonds. The maximum absolute atomic E-state index is 12.1. The van der Waals surface area contributed by atoms with E-state index in [0.29, 0.717) is 18.2 Å². The summed E-state index contributed by atoms with van der Waals surface area (Å²) in [5.41, 5.74) is 1.70. The Hall–Kier alpha value is -1.04. The van der Waals surface area contributed by atoms with Crippen molar-refractivity contribution in [2.75, 3.05) is 6.61 Å². The Labute approximate surface area is 133 Å². The number of halogens is 3. The van der Waals surface area contributed by atoms with E-state index in [0.717, 1.165) is 23.3 Å². The van der Waals surface area contributed by atoms with Gasteiger partial charge >= 0.3 is 0 Å². The number of fused-ring (bicyclic) bond motifs is 1. The van der Waals surface area contributed by atoms with Crippen molar-refractivity contribution in [1.29, 1.82) is 0 Å². The Morgan fingerprint density at radius 3 is 3.00 bits per heavy atom. The van der Waals surface area contributed by atoms with Crippen molar-refractivity contribution in [2.24, 2.45) is 0 Å². The van der Waals surface area contributed by atoms with Crippen LogP contribution in [-0.4, -0.2) is 16.2 Å². The monoisotopic (exact) mass is 374 g/mol. The summed E-state index contributed by atoms with van der Waals surface area (Å²) in [6.45, 7) is 0.977. The smallest absolute Gasteiger partial charge is 0.269 e. The maximum atomic E-state index is 12.1. The zero-order chi connectivity index (χ0) is 14.3. The average Bonchev–Trinajstić information content (AvgIpc) is 2.87. The highest BCUT2D eigenvalue weighted by Gasteiger charge is 2.18. The van der Waals surface area contributed by atoms with Crippen molar-refractivity contribution in [3.05, 3.63) is 54.6 Å². The Morgan fingerprint density at radius 1 is 1.40 bits per heavy atom. The van der Waals surface area contributed by atoms with Gasteiger partial charge in [0.15, 0.2) is 5.15 Å². The highest BCUT2D eigenvalue weighted by Crippen LogP contribution is 2.33. The van der Waals surface area contributed by atoms with Gasteiger partial charge in [0, 0.05) is 17.0 Å². The van der Waals surface area contributed by atoms with E-state index < -0.39 is 0 Å². The van der Waals surface area contributed by atoms with Gasteiger partial charge in [-0.1, -0.05) is 23.2 Å². The van der Waals surface area contributed by atoms with Crippen LogP contribution in [0.5, 0.6) is 5.75 Å². The normalized spacial score (nSPS) is 13.2. The van der Waals surface area contributed by atoms with Crippen LogP contribution >= 0.6 is 39.1 Å². The Kier molecular flexibility index (Phi) is 3.75. The predicted octanol–water partition coefficient (Wildman–Crippen LogP) is 3.30. The topological polar surface area (TPSA) is 44.1 Å². The molecule has 7 heteroatoms. The second kappa shape index (κ2) is 5.39. The quantitative estimate of drug-likeness (QED) is 0.756. The van der Waals surface area contributed by atoms with Crippen molar-refractivity contribution in [2.45, 2.75) is 13.0 Å². The average molecular weight is 376 g/mol. The van der Waals surface area contributed by atoms with Gasteiger partial charge in [0.25, 0.3) is 5.56 Å². The number of benzene rings is 1. The molecular formula is C13H9BrCl2N2O2. The van der Waals surface area contributed by atoms with E-state index in [-0.39, 0.29) is 15.2 Å².